The Bertz CT molecular complexity index is 929. The Morgan fingerprint density at radius 1 is 0.875 bits per heavy atom. The quantitative estimate of drug-likeness (QED) is 0.592. The molecule has 0 radical (unpaired) electrons. The van der Waals surface area contributed by atoms with Gasteiger partial charge >= 0.3 is 16.2 Å². The van der Waals surface area contributed by atoms with Gasteiger partial charge in [0.15, 0.2) is 0 Å². The molecule has 0 unspecified atom stereocenters. The van der Waals surface area contributed by atoms with Gasteiger partial charge in [-0.2, -0.15) is 8.42 Å². The van der Waals surface area contributed by atoms with Crippen LogP contribution in [0.15, 0.2) is 24.3 Å². The van der Waals surface area contributed by atoms with Crippen molar-refractivity contribution in [2.24, 2.45) is 0 Å². The van der Waals surface area contributed by atoms with Crippen LogP contribution in [-0.2, 0) is 19.1 Å². The van der Waals surface area contributed by atoms with Crippen molar-refractivity contribution in [3.63, 3.8) is 0 Å². The van der Waals surface area contributed by atoms with E-state index in [1.54, 1.807) is 17.0 Å². The Hall–Kier alpha value is -2.46. The number of hydroxylamine groups is 2. The molecule has 2 saturated carbocycles. The van der Waals surface area contributed by atoms with Crippen molar-refractivity contribution in [3.05, 3.63) is 35.4 Å². The highest BCUT2D eigenvalue weighted by atomic mass is 32.2. The monoisotopic (exact) mass is 464 g/mol. The first-order valence-corrected chi connectivity index (χ1v) is 12.8. The molecule has 9 nitrogen and oxygen atoms in total. The van der Waals surface area contributed by atoms with E-state index in [0.29, 0.717) is 0 Å². The van der Waals surface area contributed by atoms with Crippen molar-refractivity contribution in [2.75, 3.05) is 5.94 Å². The fourth-order valence-corrected chi connectivity index (χ4v) is 5.53. The molecule has 174 valence electrons. The molecule has 1 aliphatic heterocycles. The van der Waals surface area contributed by atoms with Gasteiger partial charge < -0.3 is 9.64 Å². The van der Waals surface area contributed by atoms with E-state index in [2.05, 4.69) is 0 Å². The normalized spacial score (nSPS) is 20.3. The minimum Gasteiger partial charge on any atom is -0.430 e. The molecule has 1 aromatic carbocycles. The summed E-state index contributed by atoms with van der Waals surface area (Å²) >= 11 is 0. The molecule has 2 fully saturated rings. The minimum absolute atomic E-state index is 0.0409. The standard InChI is InChI=1S/C22H28N2O7S/c25-20-18-13-7-8-14-19(18)21(26)24(20)31-32(28,29)15-30-22(27)23(16-9-3-1-4-10-16)17-11-5-2-6-12-17/h7-8,13-14,16-17H,1-6,9-12,15H2. The maximum Gasteiger partial charge on any atom is 0.411 e. The maximum atomic E-state index is 13.0. The maximum absolute atomic E-state index is 13.0. The lowest BCUT2D eigenvalue weighted by Gasteiger charge is -2.40. The lowest BCUT2D eigenvalue weighted by molar-refractivity contribution is -0.0128. The summed E-state index contributed by atoms with van der Waals surface area (Å²) in [4.78, 5) is 39.4. The van der Waals surface area contributed by atoms with Gasteiger partial charge in [-0.05, 0) is 37.8 Å². The first-order chi connectivity index (χ1) is 15.4. The number of imide groups is 1. The molecule has 0 bridgehead atoms. The van der Waals surface area contributed by atoms with E-state index in [9.17, 15) is 22.8 Å². The van der Waals surface area contributed by atoms with E-state index in [-0.39, 0.29) is 28.3 Å². The third-order valence-electron chi connectivity index (χ3n) is 6.42. The van der Waals surface area contributed by atoms with Crippen LogP contribution >= 0.6 is 0 Å². The average Bonchev–Trinajstić information content (AvgIpc) is 3.04. The zero-order valence-electron chi connectivity index (χ0n) is 17.9. The van der Waals surface area contributed by atoms with Gasteiger partial charge in [0.25, 0.3) is 11.8 Å². The predicted octanol–water partition coefficient (Wildman–Crippen LogP) is 3.61. The molecule has 3 aliphatic rings. The molecule has 0 aromatic heterocycles. The highest BCUT2D eigenvalue weighted by Crippen LogP contribution is 2.31. The van der Waals surface area contributed by atoms with Crippen molar-refractivity contribution in [1.82, 2.24) is 9.96 Å². The average molecular weight is 465 g/mol. The second kappa shape index (κ2) is 9.58. The lowest BCUT2D eigenvalue weighted by atomic mass is 9.89. The molecule has 0 N–H and O–H groups in total. The van der Waals surface area contributed by atoms with Crippen LogP contribution in [0.4, 0.5) is 4.79 Å². The molecule has 1 aromatic rings. The fraction of sp³-hybridized carbons (Fsp3) is 0.591. The number of benzene rings is 1. The van der Waals surface area contributed by atoms with Crippen molar-refractivity contribution in [3.8, 4) is 0 Å². The summed E-state index contributed by atoms with van der Waals surface area (Å²) in [5, 5.41) is 0.202. The fourth-order valence-electron chi connectivity index (χ4n) is 4.88. The number of hydrogen-bond donors (Lipinski definition) is 0. The molecular formula is C22H28N2O7S. The highest BCUT2D eigenvalue weighted by molar-refractivity contribution is 7.86. The van der Waals surface area contributed by atoms with Crippen LogP contribution in [0.2, 0.25) is 0 Å². The largest absolute Gasteiger partial charge is 0.430 e. The van der Waals surface area contributed by atoms with Gasteiger partial charge in [-0.1, -0.05) is 50.7 Å². The van der Waals surface area contributed by atoms with Crippen LogP contribution in [-0.4, -0.2) is 54.3 Å². The molecule has 0 atom stereocenters. The molecule has 3 amide bonds. The lowest BCUT2D eigenvalue weighted by Crippen LogP contribution is -2.49. The summed E-state index contributed by atoms with van der Waals surface area (Å²) in [6.07, 6.45) is 9.22. The third kappa shape index (κ3) is 4.80. The summed E-state index contributed by atoms with van der Waals surface area (Å²) in [6, 6.07) is 6.04. The number of carbonyl (C=O) groups is 3. The van der Waals surface area contributed by atoms with Gasteiger partial charge in [0, 0.05) is 12.1 Å². The topological polar surface area (TPSA) is 110 Å². The Kier molecular flexibility index (Phi) is 6.80. The zero-order valence-corrected chi connectivity index (χ0v) is 18.7. The van der Waals surface area contributed by atoms with Crippen LogP contribution in [0.1, 0.15) is 84.9 Å². The van der Waals surface area contributed by atoms with Crippen molar-refractivity contribution in [1.29, 1.82) is 0 Å². The highest BCUT2D eigenvalue weighted by Gasteiger charge is 2.40. The number of carbonyl (C=O) groups excluding carboxylic acids is 3. The molecule has 1 heterocycles. The Balaban J connectivity index is 1.41. The molecule has 2 aliphatic carbocycles. The van der Waals surface area contributed by atoms with Crippen LogP contribution in [0, 0.1) is 0 Å². The first-order valence-electron chi connectivity index (χ1n) is 11.2. The molecule has 32 heavy (non-hydrogen) atoms. The number of nitrogens with zero attached hydrogens (tertiary/aromatic N) is 2. The van der Waals surface area contributed by atoms with E-state index in [1.165, 1.54) is 12.1 Å². The third-order valence-corrected chi connectivity index (χ3v) is 7.20. The van der Waals surface area contributed by atoms with E-state index in [0.717, 1.165) is 64.2 Å². The molecule has 0 spiro atoms. The van der Waals surface area contributed by atoms with Crippen molar-refractivity contribution in [2.45, 2.75) is 76.3 Å². The van der Waals surface area contributed by atoms with Crippen LogP contribution in [0.3, 0.4) is 0 Å². The zero-order chi connectivity index (χ0) is 22.7. The Labute approximate surface area is 187 Å². The number of rotatable bonds is 6. The number of hydrogen-bond acceptors (Lipinski definition) is 7. The Morgan fingerprint density at radius 2 is 1.34 bits per heavy atom. The van der Waals surface area contributed by atoms with Crippen LogP contribution < -0.4 is 0 Å². The number of ether oxygens (including phenoxy) is 1. The van der Waals surface area contributed by atoms with Crippen LogP contribution in [0.25, 0.3) is 0 Å². The molecule has 4 rings (SSSR count). The summed E-state index contributed by atoms with van der Waals surface area (Å²) in [5.74, 6) is -2.81. The van der Waals surface area contributed by atoms with E-state index in [4.69, 9.17) is 9.02 Å². The van der Waals surface area contributed by atoms with Crippen molar-refractivity contribution >= 4 is 28.0 Å². The minimum atomic E-state index is -4.52. The van der Waals surface area contributed by atoms with Gasteiger partial charge in [0.2, 0.25) is 5.94 Å². The van der Waals surface area contributed by atoms with Gasteiger partial charge in [-0.15, -0.1) is 9.35 Å². The van der Waals surface area contributed by atoms with Gasteiger partial charge in [-0.3, -0.25) is 9.59 Å². The van der Waals surface area contributed by atoms with E-state index in [1.807, 2.05) is 0 Å². The predicted molar refractivity (Wildman–Crippen MR) is 114 cm³/mol. The summed E-state index contributed by atoms with van der Waals surface area (Å²) in [5.41, 5.74) is 0.121. The summed E-state index contributed by atoms with van der Waals surface area (Å²) < 4.78 is 34.8. The number of amides is 3. The second-order valence-electron chi connectivity index (χ2n) is 8.60. The summed E-state index contributed by atoms with van der Waals surface area (Å²) in [6.45, 7) is 0. The molecule has 10 heteroatoms. The van der Waals surface area contributed by atoms with Crippen LogP contribution in [0.5, 0.6) is 0 Å². The van der Waals surface area contributed by atoms with Gasteiger partial charge in [0.1, 0.15) is 0 Å². The smallest absolute Gasteiger partial charge is 0.411 e. The van der Waals surface area contributed by atoms with Crippen molar-refractivity contribution < 1.29 is 31.8 Å². The SMILES string of the molecule is O=C1c2ccccc2C(=O)N1OS(=O)(=O)COC(=O)N(C1CCCCC1)C1CCCCC1. The Morgan fingerprint density at radius 3 is 1.81 bits per heavy atom. The van der Waals surface area contributed by atoms with Gasteiger partial charge in [-0.25, -0.2) is 4.79 Å². The molecular weight excluding hydrogens is 436 g/mol. The summed E-state index contributed by atoms with van der Waals surface area (Å²) in [7, 11) is -4.52. The molecule has 0 saturated heterocycles. The van der Waals surface area contributed by atoms with E-state index < -0.39 is 34.0 Å². The van der Waals surface area contributed by atoms with Gasteiger partial charge in [0.05, 0.1) is 11.1 Å². The first kappa shape index (κ1) is 22.7. The number of fused-ring (bicyclic) bond motifs is 1. The second-order valence-corrected chi connectivity index (χ2v) is 10.1. The van der Waals surface area contributed by atoms with E-state index >= 15 is 0 Å².